The van der Waals surface area contributed by atoms with Gasteiger partial charge < -0.3 is 4.90 Å². The summed E-state index contributed by atoms with van der Waals surface area (Å²) in [4.78, 5) is 13.9. The first-order valence-corrected chi connectivity index (χ1v) is 6.79. The van der Waals surface area contributed by atoms with Gasteiger partial charge in [0.1, 0.15) is 0 Å². The lowest BCUT2D eigenvalue weighted by molar-refractivity contribution is 0.0659. The molecule has 0 radical (unpaired) electrons. The van der Waals surface area contributed by atoms with Crippen molar-refractivity contribution >= 4 is 45.0 Å². The first-order chi connectivity index (χ1) is 7.79. The van der Waals surface area contributed by atoms with Crippen molar-refractivity contribution in [2.24, 2.45) is 0 Å². The van der Waals surface area contributed by atoms with Crippen molar-refractivity contribution in [3.63, 3.8) is 0 Å². The third kappa shape index (κ3) is 3.36. The molecule has 1 rings (SSSR count). The Hall–Kier alpha value is -0.250. The van der Waals surface area contributed by atoms with Crippen molar-refractivity contribution in [1.82, 2.24) is 4.90 Å². The summed E-state index contributed by atoms with van der Waals surface area (Å²) in [5.74, 6) is 0.262. The third-order valence-corrected chi connectivity index (χ3v) is 4.28. The van der Waals surface area contributed by atoms with Crippen LogP contribution >= 0.6 is 39.1 Å². The van der Waals surface area contributed by atoms with E-state index in [1.807, 2.05) is 13.8 Å². The molecule has 0 saturated carbocycles. The van der Waals surface area contributed by atoms with Gasteiger partial charge in [-0.15, -0.1) is 11.6 Å². The van der Waals surface area contributed by atoms with Gasteiger partial charge in [0.05, 0.1) is 11.1 Å². The number of carbonyl (C=O) groups excluding carboxylic acids is 1. The largest absolute Gasteiger partial charge is 0.335 e. The van der Waals surface area contributed by atoms with E-state index < -0.39 is 5.54 Å². The molecule has 0 spiro atoms. The van der Waals surface area contributed by atoms with Gasteiger partial charge in [-0.1, -0.05) is 11.6 Å². The summed E-state index contributed by atoms with van der Waals surface area (Å²) in [6.45, 7) is 3.83. The molecule has 1 aromatic carbocycles. The number of hydrogen-bond acceptors (Lipinski definition) is 1. The van der Waals surface area contributed by atoms with Crippen LogP contribution in [0.4, 0.5) is 0 Å². The molecule has 0 saturated heterocycles. The minimum atomic E-state index is -0.402. The third-order valence-electron chi connectivity index (χ3n) is 2.70. The average molecular weight is 339 g/mol. The molecule has 0 N–H and O–H groups in total. The van der Waals surface area contributed by atoms with Gasteiger partial charge in [0.15, 0.2) is 0 Å². The number of alkyl halides is 1. The van der Waals surface area contributed by atoms with E-state index in [2.05, 4.69) is 15.9 Å². The van der Waals surface area contributed by atoms with E-state index in [1.165, 1.54) is 0 Å². The van der Waals surface area contributed by atoms with E-state index in [0.717, 1.165) is 4.47 Å². The first kappa shape index (κ1) is 14.8. The number of hydrogen-bond donors (Lipinski definition) is 0. The molecule has 0 fully saturated rings. The molecule has 0 aliphatic carbocycles. The maximum Gasteiger partial charge on any atom is 0.255 e. The summed E-state index contributed by atoms with van der Waals surface area (Å²) in [5.41, 5.74) is 0.138. The Bertz CT molecular complexity index is 435. The highest BCUT2D eigenvalue weighted by Gasteiger charge is 2.28. The van der Waals surface area contributed by atoms with E-state index in [9.17, 15) is 4.79 Å². The van der Waals surface area contributed by atoms with Crippen LogP contribution in [-0.4, -0.2) is 29.3 Å². The van der Waals surface area contributed by atoms with Gasteiger partial charge in [0.25, 0.3) is 5.91 Å². The highest BCUT2D eigenvalue weighted by Crippen LogP contribution is 2.25. The molecule has 5 heteroatoms. The van der Waals surface area contributed by atoms with Crippen LogP contribution in [0.2, 0.25) is 5.02 Å². The molecule has 94 valence electrons. The maximum atomic E-state index is 12.3. The molecular formula is C12H14BrCl2NO. The highest BCUT2D eigenvalue weighted by molar-refractivity contribution is 9.10. The van der Waals surface area contributed by atoms with E-state index in [-0.39, 0.29) is 5.91 Å². The summed E-state index contributed by atoms with van der Waals surface area (Å²) < 4.78 is 0.726. The predicted molar refractivity (Wildman–Crippen MR) is 76.0 cm³/mol. The fraction of sp³-hybridized carbons (Fsp3) is 0.417. The first-order valence-electron chi connectivity index (χ1n) is 5.09. The van der Waals surface area contributed by atoms with Crippen LogP contribution in [0.3, 0.4) is 0 Å². The van der Waals surface area contributed by atoms with Crippen LogP contribution in [0.25, 0.3) is 0 Å². The Morgan fingerprint density at radius 2 is 2.06 bits per heavy atom. The predicted octanol–water partition coefficient (Wildman–Crippen LogP) is 4.19. The van der Waals surface area contributed by atoms with Gasteiger partial charge in [-0.2, -0.15) is 0 Å². The van der Waals surface area contributed by atoms with Crippen molar-refractivity contribution < 1.29 is 4.79 Å². The molecule has 2 nitrogen and oxygen atoms in total. The molecule has 1 aromatic rings. The van der Waals surface area contributed by atoms with Gasteiger partial charge in [-0.3, -0.25) is 4.79 Å². The Balaban J connectivity index is 3.08. The molecule has 0 aliphatic rings. The van der Waals surface area contributed by atoms with E-state index in [1.54, 1.807) is 30.1 Å². The van der Waals surface area contributed by atoms with Crippen LogP contribution in [0.5, 0.6) is 0 Å². The minimum Gasteiger partial charge on any atom is -0.335 e. The molecule has 0 aromatic heterocycles. The minimum absolute atomic E-state index is 0.106. The Kier molecular flexibility index (Phi) is 4.87. The topological polar surface area (TPSA) is 20.3 Å². The number of benzene rings is 1. The normalized spacial score (nSPS) is 11.4. The van der Waals surface area contributed by atoms with Crippen molar-refractivity contribution in [3.05, 3.63) is 33.3 Å². The zero-order valence-electron chi connectivity index (χ0n) is 9.93. The van der Waals surface area contributed by atoms with Crippen LogP contribution < -0.4 is 0 Å². The molecule has 17 heavy (non-hydrogen) atoms. The number of rotatable bonds is 3. The molecular weight excluding hydrogens is 325 g/mol. The smallest absolute Gasteiger partial charge is 0.255 e. The quantitative estimate of drug-likeness (QED) is 0.756. The summed E-state index contributed by atoms with van der Waals surface area (Å²) in [5, 5.41) is 0.536. The zero-order chi connectivity index (χ0) is 13.2. The molecule has 0 bridgehead atoms. The summed E-state index contributed by atoms with van der Waals surface area (Å²) in [6, 6.07) is 5.14. The Morgan fingerprint density at radius 3 is 2.59 bits per heavy atom. The van der Waals surface area contributed by atoms with Crippen LogP contribution in [0, 0.1) is 0 Å². The molecule has 0 heterocycles. The lowest BCUT2D eigenvalue weighted by atomic mass is 10.0. The SMILES string of the molecule is CN(C(=O)c1cc(Cl)ccc1Br)C(C)(C)CCl. The molecule has 0 aliphatic heterocycles. The molecule has 0 unspecified atom stereocenters. The highest BCUT2D eigenvalue weighted by atomic mass is 79.9. The van der Waals surface area contributed by atoms with E-state index >= 15 is 0 Å². The monoisotopic (exact) mass is 337 g/mol. The fourth-order valence-electron chi connectivity index (χ4n) is 1.21. The number of carbonyl (C=O) groups is 1. The maximum absolute atomic E-state index is 12.3. The van der Waals surface area contributed by atoms with Crippen LogP contribution in [-0.2, 0) is 0 Å². The zero-order valence-corrected chi connectivity index (χ0v) is 13.0. The van der Waals surface area contributed by atoms with Crippen molar-refractivity contribution in [2.45, 2.75) is 19.4 Å². The van der Waals surface area contributed by atoms with Crippen molar-refractivity contribution in [3.8, 4) is 0 Å². The van der Waals surface area contributed by atoms with Gasteiger partial charge in [-0.25, -0.2) is 0 Å². The van der Waals surface area contributed by atoms with E-state index in [4.69, 9.17) is 23.2 Å². The summed E-state index contributed by atoms with van der Waals surface area (Å²) in [6.07, 6.45) is 0. The average Bonchev–Trinajstić information content (AvgIpc) is 2.30. The van der Waals surface area contributed by atoms with Gasteiger partial charge in [0.2, 0.25) is 0 Å². The molecule has 0 atom stereocenters. The van der Waals surface area contributed by atoms with Crippen LogP contribution in [0.15, 0.2) is 22.7 Å². The fourth-order valence-corrected chi connectivity index (χ4v) is 1.97. The Morgan fingerprint density at radius 1 is 1.47 bits per heavy atom. The van der Waals surface area contributed by atoms with Gasteiger partial charge in [-0.05, 0) is 48.0 Å². The standard InChI is InChI=1S/C12H14BrCl2NO/c1-12(2,7-14)16(3)11(17)9-6-8(15)4-5-10(9)13/h4-6H,7H2,1-3H3. The second kappa shape index (κ2) is 5.59. The lowest BCUT2D eigenvalue weighted by Crippen LogP contribution is -2.46. The second-order valence-corrected chi connectivity index (χ2v) is 5.99. The summed E-state index contributed by atoms with van der Waals surface area (Å²) >= 11 is 15.1. The second-order valence-electron chi connectivity index (χ2n) is 4.43. The Labute approximate surface area is 120 Å². The van der Waals surface area contributed by atoms with E-state index in [0.29, 0.717) is 16.5 Å². The van der Waals surface area contributed by atoms with Gasteiger partial charge in [0, 0.05) is 22.4 Å². The van der Waals surface area contributed by atoms with Crippen molar-refractivity contribution in [1.29, 1.82) is 0 Å². The number of amides is 1. The van der Waals surface area contributed by atoms with Gasteiger partial charge >= 0.3 is 0 Å². The molecule has 1 amide bonds. The summed E-state index contributed by atoms with van der Waals surface area (Å²) in [7, 11) is 1.73. The number of nitrogens with zero attached hydrogens (tertiary/aromatic N) is 1. The number of halogens is 3. The van der Waals surface area contributed by atoms with Crippen LogP contribution in [0.1, 0.15) is 24.2 Å². The lowest BCUT2D eigenvalue weighted by Gasteiger charge is -2.34. The van der Waals surface area contributed by atoms with Crippen molar-refractivity contribution in [2.75, 3.05) is 12.9 Å².